The van der Waals surface area contributed by atoms with Gasteiger partial charge in [0.15, 0.2) is 0 Å². The number of hydrogen-bond donors (Lipinski definition) is 1. The van der Waals surface area contributed by atoms with E-state index < -0.39 is 21.3 Å². The molecule has 2 atom stereocenters. The summed E-state index contributed by atoms with van der Waals surface area (Å²) in [7, 11) is -3.40. The maximum Gasteiger partial charge on any atom is 0.410 e. The number of carbonyl (C=O) groups excluding carboxylic acids is 2. The van der Waals surface area contributed by atoms with E-state index in [0.717, 1.165) is 44.8 Å². The molecule has 236 valence electrons. The van der Waals surface area contributed by atoms with Crippen LogP contribution in [0.2, 0.25) is 0 Å². The first kappa shape index (κ1) is 36.4. The van der Waals surface area contributed by atoms with Crippen LogP contribution in [-0.2, 0) is 23.8 Å². The predicted molar refractivity (Wildman–Crippen MR) is 157 cm³/mol. The highest BCUT2D eigenvalue weighted by Gasteiger charge is 2.45. The smallest absolute Gasteiger partial charge is 0.410 e. The zero-order valence-corrected chi connectivity index (χ0v) is 27.6. The number of amides is 2. The van der Waals surface area contributed by atoms with Crippen molar-refractivity contribution in [3.05, 3.63) is 0 Å². The van der Waals surface area contributed by atoms with Crippen LogP contribution in [0.4, 0.5) is 9.59 Å². The zero-order chi connectivity index (χ0) is 31.2. The summed E-state index contributed by atoms with van der Waals surface area (Å²) < 4.78 is 37.7. The van der Waals surface area contributed by atoms with Crippen LogP contribution < -0.4 is 0 Å². The van der Waals surface area contributed by atoms with Gasteiger partial charge in [0.05, 0.1) is 12.9 Å². The van der Waals surface area contributed by atoms with E-state index in [1.165, 1.54) is 0 Å². The van der Waals surface area contributed by atoms with E-state index >= 15 is 0 Å². The molecule has 0 bridgehead atoms. The van der Waals surface area contributed by atoms with Gasteiger partial charge in [-0.25, -0.2) is 9.59 Å². The molecule has 0 aromatic carbocycles. The Bertz CT molecular complexity index is 935. The van der Waals surface area contributed by atoms with E-state index in [0.29, 0.717) is 12.8 Å². The van der Waals surface area contributed by atoms with Crippen LogP contribution in [0.1, 0.15) is 121 Å². The second-order valence-electron chi connectivity index (χ2n) is 14.2. The van der Waals surface area contributed by atoms with E-state index in [9.17, 15) is 18.0 Å². The van der Waals surface area contributed by atoms with Crippen LogP contribution in [0.3, 0.4) is 0 Å². The van der Waals surface area contributed by atoms with Crippen LogP contribution in [0.15, 0.2) is 0 Å². The number of aliphatic hydroxyl groups is 1. The molecule has 2 amide bonds. The van der Waals surface area contributed by atoms with Gasteiger partial charge >= 0.3 is 12.2 Å². The van der Waals surface area contributed by atoms with Gasteiger partial charge in [-0.2, -0.15) is 8.42 Å². The number of hydrogen-bond acceptors (Lipinski definition) is 8. The molecule has 40 heavy (non-hydrogen) atoms. The molecule has 1 N–H and O–H groups in total. The summed E-state index contributed by atoms with van der Waals surface area (Å²) in [6.45, 7) is 19.8. The van der Waals surface area contributed by atoms with Gasteiger partial charge in [0, 0.05) is 29.8 Å². The van der Waals surface area contributed by atoms with Crippen molar-refractivity contribution in [2.45, 2.75) is 155 Å². The first-order valence-corrected chi connectivity index (χ1v) is 16.3. The Labute approximate surface area is 243 Å². The number of likely N-dealkylation sites (tertiary alicyclic amines) is 2. The predicted octanol–water partition coefficient (Wildman–Crippen LogP) is 5.86. The number of aliphatic hydroxyl groups excluding tert-OH is 1. The Morgan fingerprint density at radius 3 is 1.50 bits per heavy atom. The maximum absolute atomic E-state index is 12.5. The van der Waals surface area contributed by atoms with Gasteiger partial charge in [0.25, 0.3) is 10.1 Å². The fraction of sp³-hybridized carbons (Fsp3) is 0.931. The molecule has 0 spiro atoms. The summed E-state index contributed by atoms with van der Waals surface area (Å²) >= 11 is 0. The average Bonchev–Trinajstić information content (AvgIpc) is 3.21. The highest BCUT2D eigenvalue weighted by atomic mass is 32.2. The zero-order valence-electron chi connectivity index (χ0n) is 26.8. The molecule has 2 aliphatic heterocycles. The highest BCUT2D eigenvalue weighted by Crippen LogP contribution is 2.37. The molecule has 2 saturated heterocycles. The van der Waals surface area contributed by atoms with Crippen LogP contribution in [-0.4, -0.2) is 89.3 Å². The standard InChI is InChI=1S/C15H29NO5S.C14H27NO3/c1-14(2,3)21-13(17)16-12(9-10-15(16,4)5)8-7-11-20-22(6,18)19;1-13(2,3)18-12(17)15-11(7-6-10-16)8-9-14(15,4)5/h12H,7-11H2,1-6H3;11,16H,6-10H2,1-5H3. The Morgan fingerprint density at radius 1 is 0.800 bits per heavy atom. The van der Waals surface area contributed by atoms with Crippen molar-refractivity contribution >= 4 is 22.3 Å². The summed E-state index contributed by atoms with van der Waals surface area (Å²) in [6, 6.07) is 0.259. The molecule has 10 nitrogen and oxygen atoms in total. The van der Waals surface area contributed by atoms with Crippen molar-refractivity contribution in [2.75, 3.05) is 19.5 Å². The summed E-state index contributed by atoms with van der Waals surface area (Å²) in [4.78, 5) is 28.4. The topological polar surface area (TPSA) is 123 Å². The van der Waals surface area contributed by atoms with Crippen molar-refractivity contribution in [3.8, 4) is 0 Å². The fourth-order valence-electron chi connectivity index (χ4n) is 5.34. The van der Waals surface area contributed by atoms with Crippen molar-refractivity contribution in [2.24, 2.45) is 0 Å². The minimum absolute atomic E-state index is 0.0630. The Kier molecular flexibility index (Phi) is 12.8. The Hall–Kier alpha value is -1.59. The summed E-state index contributed by atoms with van der Waals surface area (Å²) in [5.41, 5.74) is -1.38. The summed E-state index contributed by atoms with van der Waals surface area (Å²) in [6.07, 6.45) is 7.17. The van der Waals surface area contributed by atoms with Crippen molar-refractivity contribution in [1.82, 2.24) is 9.80 Å². The van der Waals surface area contributed by atoms with E-state index in [1.54, 1.807) is 4.90 Å². The van der Waals surface area contributed by atoms with E-state index in [1.807, 2.05) is 60.3 Å². The lowest BCUT2D eigenvalue weighted by Gasteiger charge is -2.37. The van der Waals surface area contributed by atoms with Crippen molar-refractivity contribution in [3.63, 3.8) is 0 Å². The molecule has 2 fully saturated rings. The maximum atomic E-state index is 12.5. The van der Waals surface area contributed by atoms with Crippen LogP contribution >= 0.6 is 0 Å². The Morgan fingerprint density at radius 2 is 1.18 bits per heavy atom. The molecular weight excluding hydrogens is 536 g/mol. The molecule has 2 rings (SSSR count). The van der Waals surface area contributed by atoms with Gasteiger partial charge in [-0.05, 0) is 121 Å². The molecule has 0 aromatic heterocycles. The lowest BCUT2D eigenvalue weighted by molar-refractivity contribution is 0.00128. The third-order valence-electron chi connectivity index (χ3n) is 7.07. The fourth-order valence-corrected chi connectivity index (χ4v) is 5.77. The highest BCUT2D eigenvalue weighted by molar-refractivity contribution is 7.85. The number of carbonyl (C=O) groups is 2. The van der Waals surface area contributed by atoms with Gasteiger partial charge in [0.2, 0.25) is 0 Å². The second kappa shape index (κ2) is 14.1. The van der Waals surface area contributed by atoms with Gasteiger partial charge in [0.1, 0.15) is 11.2 Å². The van der Waals surface area contributed by atoms with E-state index in [4.69, 9.17) is 18.8 Å². The second-order valence-corrected chi connectivity index (χ2v) is 15.9. The van der Waals surface area contributed by atoms with E-state index in [-0.39, 0.29) is 48.6 Å². The summed E-state index contributed by atoms with van der Waals surface area (Å²) in [5.74, 6) is 0. The lowest BCUT2D eigenvalue weighted by Crippen LogP contribution is -2.49. The average molecular weight is 593 g/mol. The third-order valence-corrected chi connectivity index (χ3v) is 7.66. The van der Waals surface area contributed by atoms with Crippen LogP contribution in [0.5, 0.6) is 0 Å². The van der Waals surface area contributed by atoms with Crippen molar-refractivity contribution < 1.29 is 36.8 Å². The largest absolute Gasteiger partial charge is 0.444 e. The minimum Gasteiger partial charge on any atom is -0.444 e. The van der Waals surface area contributed by atoms with Gasteiger partial charge in [-0.1, -0.05) is 0 Å². The first-order valence-electron chi connectivity index (χ1n) is 14.5. The lowest BCUT2D eigenvalue weighted by atomic mass is 10.0. The molecule has 0 radical (unpaired) electrons. The minimum atomic E-state index is -3.40. The molecule has 11 heteroatoms. The Balaban J connectivity index is 0.000000408. The number of rotatable bonds is 8. The van der Waals surface area contributed by atoms with Crippen molar-refractivity contribution in [1.29, 1.82) is 0 Å². The molecule has 2 unspecified atom stereocenters. The molecule has 0 saturated carbocycles. The van der Waals surface area contributed by atoms with Gasteiger partial charge < -0.3 is 24.4 Å². The van der Waals surface area contributed by atoms with Gasteiger partial charge in [-0.15, -0.1) is 0 Å². The molecule has 2 heterocycles. The van der Waals surface area contributed by atoms with E-state index in [2.05, 4.69) is 13.8 Å². The molecular formula is C29H56N2O8S. The number of ether oxygens (including phenoxy) is 2. The third kappa shape index (κ3) is 12.5. The molecule has 0 aromatic rings. The normalized spacial score (nSPS) is 22.5. The van der Waals surface area contributed by atoms with Gasteiger partial charge in [-0.3, -0.25) is 4.18 Å². The quantitative estimate of drug-likeness (QED) is 0.275. The molecule has 0 aliphatic carbocycles. The SMILES string of the molecule is CC(C)(C)OC(=O)N1C(CCCO)CCC1(C)C.CC(C)(C)OC(=O)N1C(CCCOS(C)(=O)=O)CCC1(C)C. The van der Waals surface area contributed by atoms with Crippen LogP contribution in [0, 0.1) is 0 Å². The first-order chi connectivity index (χ1) is 18.0. The summed E-state index contributed by atoms with van der Waals surface area (Å²) in [5, 5.41) is 8.93. The molecule has 2 aliphatic rings. The van der Waals surface area contributed by atoms with Crippen LogP contribution in [0.25, 0.3) is 0 Å². The number of nitrogens with zero attached hydrogens (tertiary/aromatic N) is 2. The monoisotopic (exact) mass is 592 g/mol.